The first-order valence-electron chi connectivity index (χ1n) is 19.7. The summed E-state index contributed by atoms with van der Waals surface area (Å²) in [6.45, 7) is 0. The molecule has 0 aliphatic heterocycles. The van der Waals surface area contributed by atoms with Gasteiger partial charge in [-0.05, 0) is 154 Å². The number of rotatable bonds is 6. The average molecular weight is 736 g/mol. The molecule has 0 atom stereocenters. The third-order valence-corrected chi connectivity index (χ3v) is 12.0. The highest BCUT2D eigenvalue weighted by molar-refractivity contribution is 6.25. The van der Waals surface area contributed by atoms with Crippen molar-refractivity contribution in [3.05, 3.63) is 206 Å². The largest absolute Gasteiger partial charge is 0.310 e. The Labute approximate surface area is 335 Å². The Hall–Kier alpha value is -7.93. The fraction of sp³-hybridized carbons (Fsp3) is 0. The molecule has 0 radical (unpaired) electrons. The Kier molecular flexibility index (Phi) is 6.99. The molecule has 0 N–H and O–H groups in total. The second kappa shape index (κ2) is 12.5. The topological polar surface area (TPSA) is 30.3 Å². The predicted molar refractivity (Wildman–Crippen MR) is 245 cm³/mol. The third kappa shape index (κ3) is 4.99. The van der Waals surface area contributed by atoms with Gasteiger partial charge in [0.2, 0.25) is 0 Å². The minimum Gasteiger partial charge on any atom is -0.310 e. The van der Waals surface area contributed by atoms with E-state index in [1.807, 2.05) is 18.2 Å². The maximum atomic E-state index is 9.97. The van der Waals surface area contributed by atoms with Crippen LogP contribution in [0.2, 0.25) is 0 Å². The lowest BCUT2D eigenvalue weighted by atomic mass is 9.93. The molecule has 0 bridgehead atoms. The van der Waals surface area contributed by atoms with E-state index in [0.717, 1.165) is 34.1 Å². The van der Waals surface area contributed by atoms with E-state index in [-0.39, 0.29) is 0 Å². The van der Waals surface area contributed by atoms with Crippen molar-refractivity contribution in [1.82, 2.24) is 0 Å². The lowest BCUT2D eigenvalue weighted by molar-refractivity contribution is 1.26. The van der Waals surface area contributed by atoms with E-state index in [9.17, 15) is 5.26 Å². The molecule has 3 nitrogen and oxygen atoms in total. The molecule has 0 unspecified atom stereocenters. The van der Waals surface area contributed by atoms with Crippen LogP contribution >= 0.6 is 0 Å². The van der Waals surface area contributed by atoms with Gasteiger partial charge >= 0.3 is 0 Å². The Balaban J connectivity index is 1.04. The van der Waals surface area contributed by atoms with Crippen LogP contribution in [0, 0.1) is 11.3 Å². The zero-order valence-corrected chi connectivity index (χ0v) is 31.4. The van der Waals surface area contributed by atoms with Crippen LogP contribution in [0.5, 0.6) is 0 Å². The van der Waals surface area contributed by atoms with Gasteiger partial charge in [-0.2, -0.15) is 5.26 Å². The van der Waals surface area contributed by atoms with Crippen molar-refractivity contribution in [2.45, 2.75) is 0 Å². The number of fused-ring (bicyclic) bond motifs is 1. The molecule has 0 amide bonds. The minimum absolute atomic E-state index is 0.619. The highest BCUT2D eigenvalue weighted by Gasteiger charge is 2.20. The fourth-order valence-corrected chi connectivity index (χ4v) is 9.41. The van der Waals surface area contributed by atoms with Crippen LogP contribution < -0.4 is 9.80 Å². The van der Waals surface area contributed by atoms with Crippen molar-refractivity contribution in [2.24, 2.45) is 0 Å². The third-order valence-electron chi connectivity index (χ3n) is 12.0. The molecule has 0 aliphatic carbocycles. The van der Waals surface area contributed by atoms with Crippen molar-refractivity contribution in [1.29, 1.82) is 5.26 Å². The molecular weight excluding hydrogens is 703 g/mol. The number of hydrogen-bond acceptors (Lipinski definition) is 3. The molecule has 0 saturated carbocycles. The molecule has 0 aromatic heterocycles. The van der Waals surface area contributed by atoms with Crippen LogP contribution in [0.3, 0.4) is 0 Å². The maximum Gasteiger partial charge on any atom is 0.0992 e. The van der Waals surface area contributed by atoms with Gasteiger partial charge in [0.15, 0.2) is 0 Å². The van der Waals surface area contributed by atoms with E-state index < -0.39 is 0 Å². The first-order chi connectivity index (χ1) is 28.7. The summed E-state index contributed by atoms with van der Waals surface area (Å²) in [5, 5.41) is 27.4. The molecule has 268 valence electrons. The fourth-order valence-electron chi connectivity index (χ4n) is 9.41. The molecule has 0 spiro atoms. The molecule has 3 heteroatoms. The van der Waals surface area contributed by atoms with E-state index in [1.165, 1.54) is 75.4 Å². The van der Waals surface area contributed by atoms with Crippen molar-refractivity contribution in [3.8, 4) is 6.07 Å². The van der Waals surface area contributed by atoms with Crippen LogP contribution in [0.25, 0.3) is 75.4 Å². The summed E-state index contributed by atoms with van der Waals surface area (Å²) in [5.41, 5.74) is 6.82. The number of anilines is 6. The normalized spacial score (nSPS) is 11.8. The summed E-state index contributed by atoms with van der Waals surface area (Å²) in [6, 6.07) is 74.6. The van der Waals surface area contributed by atoms with Crippen molar-refractivity contribution in [3.63, 3.8) is 0 Å². The van der Waals surface area contributed by atoms with E-state index in [0.29, 0.717) is 5.56 Å². The van der Waals surface area contributed by atoms with Gasteiger partial charge in [-0.15, -0.1) is 0 Å². The van der Waals surface area contributed by atoms with Crippen LogP contribution in [-0.2, 0) is 0 Å². The average Bonchev–Trinajstić information content (AvgIpc) is 3.28. The molecule has 12 aromatic carbocycles. The smallest absolute Gasteiger partial charge is 0.0992 e. The number of nitrogens with zero attached hydrogens (tertiary/aromatic N) is 3. The molecule has 0 aliphatic rings. The maximum absolute atomic E-state index is 9.97. The predicted octanol–water partition coefficient (Wildman–Crippen LogP) is 15.4. The lowest BCUT2D eigenvalue weighted by Crippen LogP contribution is -2.12. The summed E-state index contributed by atoms with van der Waals surface area (Å²) in [5.74, 6) is 0. The van der Waals surface area contributed by atoms with Gasteiger partial charge in [0.1, 0.15) is 0 Å². The first-order valence-corrected chi connectivity index (χ1v) is 19.7. The molecule has 0 saturated heterocycles. The Morgan fingerprint density at radius 1 is 0.259 bits per heavy atom. The van der Waals surface area contributed by atoms with Crippen LogP contribution in [-0.4, -0.2) is 0 Å². The van der Waals surface area contributed by atoms with Gasteiger partial charge < -0.3 is 9.80 Å². The SMILES string of the molecule is N#Cc1cccc(N(c2ccc(N(c3ccc4ccccc4c3)c3cc4ccc5cccc6ccc(c3)c4c56)cc2)c2cc3ccc4cccc5ccc(c2)c3c45)c1. The summed E-state index contributed by atoms with van der Waals surface area (Å²) < 4.78 is 0. The van der Waals surface area contributed by atoms with Crippen molar-refractivity contribution >= 4 is 110 Å². The highest BCUT2D eigenvalue weighted by atomic mass is 15.2. The number of nitriles is 1. The quantitative estimate of drug-likeness (QED) is 0.159. The molecule has 0 heterocycles. The zero-order chi connectivity index (χ0) is 38.3. The van der Waals surface area contributed by atoms with Gasteiger partial charge in [0.25, 0.3) is 0 Å². The standard InChI is InChI=1S/C55H33N3/c56-34-35-6-3-13-48(28-35)57(50-30-42-18-14-37-9-4-10-38-15-19-43(31-50)54(42)52(37)38)46-24-26-47(27-25-46)58(49-23-22-36-7-1-2-8-41(36)29-49)51-32-44-20-16-39-11-5-12-40-17-21-45(33-51)55(44)53(39)40/h1-33H. The minimum atomic E-state index is 0.619. The number of hydrogen-bond donors (Lipinski definition) is 0. The van der Waals surface area contributed by atoms with E-state index in [1.54, 1.807) is 0 Å². The monoisotopic (exact) mass is 735 g/mol. The molecule has 12 rings (SSSR count). The summed E-state index contributed by atoms with van der Waals surface area (Å²) in [6.07, 6.45) is 0. The summed E-state index contributed by atoms with van der Waals surface area (Å²) >= 11 is 0. The molecular formula is C55H33N3. The Bertz CT molecular complexity index is 3470. The van der Waals surface area contributed by atoms with Gasteiger partial charge in [-0.1, -0.05) is 121 Å². The van der Waals surface area contributed by atoms with Crippen molar-refractivity contribution in [2.75, 3.05) is 9.80 Å². The second-order valence-corrected chi connectivity index (χ2v) is 15.3. The van der Waals surface area contributed by atoms with Crippen LogP contribution in [0.4, 0.5) is 34.1 Å². The van der Waals surface area contributed by atoms with Gasteiger partial charge in [-0.25, -0.2) is 0 Å². The van der Waals surface area contributed by atoms with Gasteiger partial charge in [-0.3, -0.25) is 0 Å². The molecule has 58 heavy (non-hydrogen) atoms. The second-order valence-electron chi connectivity index (χ2n) is 15.3. The van der Waals surface area contributed by atoms with Gasteiger partial charge in [0.05, 0.1) is 11.6 Å². The Morgan fingerprint density at radius 3 is 1.09 bits per heavy atom. The van der Waals surface area contributed by atoms with Gasteiger partial charge in [0, 0.05) is 34.1 Å². The summed E-state index contributed by atoms with van der Waals surface area (Å²) in [4.78, 5) is 4.64. The summed E-state index contributed by atoms with van der Waals surface area (Å²) in [7, 11) is 0. The Morgan fingerprint density at radius 2 is 0.603 bits per heavy atom. The van der Waals surface area contributed by atoms with Crippen LogP contribution in [0.15, 0.2) is 200 Å². The molecule has 12 aromatic rings. The molecule has 0 fully saturated rings. The van der Waals surface area contributed by atoms with E-state index >= 15 is 0 Å². The van der Waals surface area contributed by atoms with Crippen LogP contribution in [0.1, 0.15) is 5.56 Å². The van der Waals surface area contributed by atoms with E-state index in [4.69, 9.17) is 0 Å². The lowest BCUT2D eigenvalue weighted by Gasteiger charge is -2.29. The number of benzene rings is 12. The first kappa shape index (κ1) is 32.3. The highest BCUT2D eigenvalue weighted by Crippen LogP contribution is 2.45. The zero-order valence-electron chi connectivity index (χ0n) is 31.4. The van der Waals surface area contributed by atoms with E-state index in [2.05, 4.69) is 198 Å². The van der Waals surface area contributed by atoms with Crippen molar-refractivity contribution < 1.29 is 0 Å².